The lowest BCUT2D eigenvalue weighted by Crippen LogP contribution is -1.99. The fourth-order valence-corrected chi connectivity index (χ4v) is 1.27. The van der Waals surface area contributed by atoms with Crippen LogP contribution in [0.1, 0.15) is 30.1 Å². The number of rotatable bonds is 4. The summed E-state index contributed by atoms with van der Waals surface area (Å²) in [6, 6.07) is 4.93. The normalized spacial score (nSPS) is 9.86. The van der Waals surface area contributed by atoms with E-state index in [0.29, 0.717) is 17.7 Å². The van der Waals surface area contributed by atoms with Crippen molar-refractivity contribution in [1.29, 1.82) is 0 Å². The molecule has 0 radical (unpaired) electrons. The van der Waals surface area contributed by atoms with Crippen molar-refractivity contribution in [3.05, 3.63) is 23.8 Å². The fraction of sp³-hybridized carbons (Fsp3) is 0.364. The number of phenolic OH excluding ortho intramolecular Hbond substituents is 1. The third-order valence-electron chi connectivity index (χ3n) is 2.00. The van der Waals surface area contributed by atoms with Crippen LogP contribution in [0, 0.1) is 0 Å². The summed E-state index contributed by atoms with van der Waals surface area (Å²) in [5.74, 6) is 0.226. The maximum absolute atomic E-state index is 11.5. The molecule has 0 saturated heterocycles. The van der Waals surface area contributed by atoms with Gasteiger partial charge in [-0.3, -0.25) is 4.79 Å². The van der Waals surface area contributed by atoms with Gasteiger partial charge in [-0.25, -0.2) is 0 Å². The third-order valence-corrected chi connectivity index (χ3v) is 2.00. The van der Waals surface area contributed by atoms with Gasteiger partial charge in [0.25, 0.3) is 0 Å². The first-order valence-corrected chi connectivity index (χ1v) is 4.59. The number of carbonyl (C=O) groups excluding carboxylic acids is 1. The second-order valence-corrected chi connectivity index (χ2v) is 3.03. The van der Waals surface area contributed by atoms with Crippen molar-refractivity contribution in [3.8, 4) is 11.5 Å². The van der Waals surface area contributed by atoms with E-state index in [-0.39, 0.29) is 11.5 Å². The first kappa shape index (κ1) is 10.6. The molecule has 3 nitrogen and oxygen atoms in total. The Hall–Kier alpha value is -1.51. The Morgan fingerprint density at radius 3 is 2.79 bits per heavy atom. The number of benzene rings is 1. The van der Waals surface area contributed by atoms with E-state index in [2.05, 4.69) is 0 Å². The number of ether oxygens (including phenoxy) is 1. The molecule has 1 aromatic rings. The van der Waals surface area contributed by atoms with Crippen LogP contribution in [0.15, 0.2) is 18.2 Å². The van der Waals surface area contributed by atoms with E-state index in [1.54, 1.807) is 18.2 Å². The van der Waals surface area contributed by atoms with Gasteiger partial charge >= 0.3 is 0 Å². The Kier molecular flexibility index (Phi) is 3.51. The molecule has 0 unspecified atom stereocenters. The van der Waals surface area contributed by atoms with Gasteiger partial charge in [0.2, 0.25) is 0 Å². The van der Waals surface area contributed by atoms with Crippen molar-refractivity contribution in [1.82, 2.24) is 0 Å². The molecule has 0 fully saturated rings. The summed E-state index contributed by atoms with van der Waals surface area (Å²) in [5, 5.41) is 9.64. The van der Waals surface area contributed by atoms with Crippen molar-refractivity contribution >= 4 is 5.78 Å². The zero-order valence-electron chi connectivity index (χ0n) is 8.41. The summed E-state index contributed by atoms with van der Waals surface area (Å²) >= 11 is 0. The number of carbonyl (C=O) groups is 1. The minimum absolute atomic E-state index is 0.0519. The molecular formula is C11H14O3. The Balaban J connectivity index is 3.03. The molecule has 0 heterocycles. The zero-order valence-corrected chi connectivity index (χ0v) is 8.41. The first-order chi connectivity index (χ1) is 6.70. The molecule has 76 valence electrons. The lowest BCUT2D eigenvalue weighted by molar-refractivity contribution is 0.0978. The van der Waals surface area contributed by atoms with Gasteiger partial charge in [0, 0.05) is 6.42 Å². The molecule has 0 spiro atoms. The molecule has 0 aromatic heterocycles. The van der Waals surface area contributed by atoms with Crippen LogP contribution >= 0.6 is 0 Å². The topological polar surface area (TPSA) is 46.5 Å². The van der Waals surface area contributed by atoms with Gasteiger partial charge in [0.15, 0.2) is 17.3 Å². The van der Waals surface area contributed by atoms with Gasteiger partial charge in [-0.2, -0.15) is 0 Å². The lowest BCUT2D eigenvalue weighted by Gasteiger charge is -2.06. The SMILES string of the molecule is CCCC(=O)c1cccc(OC)c1O. The number of hydrogen-bond donors (Lipinski definition) is 1. The van der Waals surface area contributed by atoms with Crippen LogP contribution in [0.5, 0.6) is 11.5 Å². The van der Waals surface area contributed by atoms with Gasteiger partial charge in [-0.05, 0) is 18.6 Å². The van der Waals surface area contributed by atoms with Crippen LogP contribution < -0.4 is 4.74 Å². The predicted octanol–water partition coefficient (Wildman–Crippen LogP) is 2.38. The molecule has 0 aliphatic rings. The number of Topliss-reactive ketones (excluding diaryl/α,β-unsaturated/α-hetero) is 1. The van der Waals surface area contributed by atoms with Gasteiger partial charge in [-0.1, -0.05) is 13.0 Å². The van der Waals surface area contributed by atoms with E-state index in [1.165, 1.54) is 7.11 Å². The largest absolute Gasteiger partial charge is 0.504 e. The van der Waals surface area contributed by atoms with Crippen molar-refractivity contribution in [2.75, 3.05) is 7.11 Å². The highest BCUT2D eigenvalue weighted by molar-refractivity contribution is 5.99. The van der Waals surface area contributed by atoms with E-state index in [4.69, 9.17) is 4.74 Å². The predicted molar refractivity (Wildman–Crippen MR) is 53.9 cm³/mol. The monoisotopic (exact) mass is 194 g/mol. The van der Waals surface area contributed by atoms with Crippen LogP contribution in [0.2, 0.25) is 0 Å². The van der Waals surface area contributed by atoms with Gasteiger partial charge in [0.1, 0.15) is 0 Å². The smallest absolute Gasteiger partial charge is 0.168 e. The molecule has 0 aliphatic carbocycles. The molecule has 14 heavy (non-hydrogen) atoms. The maximum Gasteiger partial charge on any atom is 0.168 e. The van der Waals surface area contributed by atoms with E-state index >= 15 is 0 Å². The van der Waals surface area contributed by atoms with Crippen molar-refractivity contribution in [3.63, 3.8) is 0 Å². The Labute approximate surface area is 83.3 Å². The highest BCUT2D eigenvalue weighted by Gasteiger charge is 2.13. The van der Waals surface area contributed by atoms with E-state index in [1.807, 2.05) is 6.92 Å². The lowest BCUT2D eigenvalue weighted by atomic mass is 10.1. The minimum atomic E-state index is -0.0616. The highest BCUT2D eigenvalue weighted by Crippen LogP contribution is 2.30. The molecular weight excluding hydrogens is 180 g/mol. The van der Waals surface area contributed by atoms with Gasteiger partial charge < -0.3 is 9.84 Å². The Morgan fingerprint density at radius 1 is 1.50 bits per heavy atom. The van der Waals surface area contributed by atoms with Crippen molar-refractivity contribution in [2.45, 2.75) is 19.8 Å². The van der Waals surface area contributed by atoms with E-state index in [9.17, 15) is 9.90 Å². The summed E-state index contributed by atoms with van der Waals surface area (Å²) in [7, 11) is 1.46. The molecule has 3 heteroatoms. The zero-order chi connectivity index (χ0) is 10.6. The van der Waals surface area contributed by atoms with E-state index in [0.717, 1.165) is 6.42 Å². The minimum Gasteiger partial charge on any atom is -0.504 e. The van der Waals surface area contributed by atoms with E-state index < -0.39 is 0 Å². The fourth-order valence-electron chi connectivity index (χ4n) is 1.27. The molecule has 0 amide bonds. The summed E-state index contributed by atoms with van der Waals surface area (Å²) in [5.41, 5.74) is 0.339. The molecule has 0 bridgehead atoms. The number of methoxy groups -OCH3 is 1. The van der Waals surface area contributed by atoms with Crippen LogP contribution in [-0.4, -0.2) is 18.0 Å². The molecule has 0 atom stereocenters. The molecule has 1 rings (SSSR count). The highest BCUT2D eigenvalue weighted by atomic mass is 16.5. The van der Waals surface area contributed by atoms with Gasteiger partial charge in [-0.15, -0.1) is 0 Å². The van der Waals surface area contributed by atoms with Crippen LogP contribution in [0.3, 0.4) is 0 Å². The van der Waals surface area contributed by atoms with Crippen LogP contribution in [0.25, 0.3) is 0 Å². The standard InChI is InChI=1S/C11H14O3/c1-3-5-9(12)8-6-4-7-10(14-2)11(8)13/h4,6-7,13H,3,5H2,1-2H3. The quantitative estimate of drug-likeness (QED) is 0.748. The molecule has 0 aliphatic heterocycles. The van der Waals surface area contributed by atoms with Gasteiger partial charge in [0.05, 0.1) is 12.7 Å². The molecule has 0 saturated carbocycles. The summed E-state index contributed by atoms with van der Waals surface area (Å²) in [6.45, 7) is 1.93. The number of ketones is 1. The number of aromatic hydroxyl groups is 1. The van der Waals surface area contributed by atoms with Crippen molar-refractivity contribution in [2.24, 2.45) is 0 Å². The number of hydrogen-bond acceptors (Lipinski definition) is 3. The average Bonchev–Trinajstić information content (AvgIpc) is 2.18. The first-order valence-electron chi connectivity index (χ1n) is 4.59. The van der Waals surface area contributed by atoms with Crippen LogP contribution in [0.4, 0.5) is 0 Å². The summed E-state index contributed by atoms with van der Waals surface area (Å²) in [6.07, 6.45) is 1.22. The number of para-hydroxylation sites is 1. The second-order valence-electron chi connectivity index (χ2n) is 3.03. The van der Waals surface area contributed by atoms with Crippen LogP contribution in [-0.2, 0) is 0 Å². The number of phenols is 1. The summed E-state index contributed by atoms with van der Waals surface area (Å²) < 4.78 is 4.91. The maximum atomic E-state index is 11.5. The molecule has 1 N–H and O–H groups in total. The average molecular weight is 194 g/mol. The summed E-state index contributed by atoms with van der Waals surface area (Å²) in [4.78, 5) is 11.5. The molecule has 1 aromatic carbocycles. The second kappa shape index (κ2) is 4.65. The third kappa shape index (κ3) is 2.05. The Morgan fingerprint density at radius 2 is 2.21 bits per heavy atom. The van der Waals surface area contributed by atoms with Crippen molar-refractivity contribution < 1.29 is 14.6 Å². The Bertz CT molecular complexity index is 331.